The molecule has 182 valence electrons. The van der Waals surface area contributed by atoms with Crippen LogP contribution in [0.15, 0.2) is 53.9 Å². The van der Waals surface area contributed by atoms with Crippen LogP contribution in [0.2, 0.25) is 0 Å². The van der Waals surface area contributed by atoms with E-state index in [2.05, 4.69) is 19.7 Å². The van der Waals surface area contributed by atoms with Crippen molar-refractivity contribution in [3.63, 3.8) is 0 Å². The van der Waals surface area contributed by atoms with Crippen molar-refractivity contribution in [1.29, 1.82) is 0 Å². The zero-order chi connectivity index (χ0) is 25.2. The Hall–Kier alpha value is -3.99. The van der Waals surface area contributed by atoms with E-state index < -0.39 is 16.0 Å². The number of aromatic nitrogens is 4. The van der Waals surface area contributed by atoms with Gasteiger partial charge < -0.3 is 15.0 Å². The molecule has 3 N–H and O–H groups in total. The highest BCUT2D eigenvalue weighted by Crippen LogP contribution is 2.26. The maximum atomic E-state index is 13.2. The van der Waals surface area contributed by atoms with Gasteiger partial charge in [0.25, 0.3) is 10.0 Å². The molecule has 0 saturated carbocycles. The highest BCUT2D eigenvalue weighted by atomic mass is 32.2. The molecule has 10 nitrogen and oxygen atoms in total. The van der Waals surface area contributed by atoms with Crippen LogP contribution in [0.5, 0.6) is 0 Å². The molecule has 4 aromatic rings. The maximum absolute atomic E-state index is 13.2. The normalized spacial score (nSPS) is 11.5. The van der Waals surface area contributed by atoms with Gasteiger partial charge in [-0.3, -0.25) is 4.72 Å². The fourth-order valence-corrected chi connectivity index (χ4v) is 5.61. The highest BCUT2D eigenvalue weighted by Gasteiger charge is 2.23. The number of hydrogen-bond donors (Lipinski definition) is 2. The first-order valence-corrected chi connectivity index (χ1v) is 12.4. The lowest BCUT2D eigenvalue weighted by Gasteiger charge is -2.16. The molecule has 0 atom stereocenters. The number of carbonyl (C=O) groups is 1. The lowest BCUT2D eigenvalue weighted by molar-refractivity contribution is 0.0497. The number of fused-ring (bicyclic) bond motifs is 1. The second-order valence-electron chi connectivity index (χ2n) is 8.24. The van der Waals surface area contributed by atoms with Gasteiger partial charge >= 0.3 is 5.97 Å². The lowest BCUT2D eigenvalue weighted by atomic mass is 10.1. The van der Waals surface area contributed by atoms with Crippen LogP contribution >= 0.6 is 0 Å². The molecule has 2 heterocycles. The third-order valence-corrected chi connectivity index (χ3v) is 7.14. The van der Waals surface area contributed by atoms with Crippen LogP contribution in [0.4, 0.5) is 11.5 Å². The smallest absolute Gasteiger partial charge is 0.340 e. The first-order chi connectivity index (χ1) is 16.7. The van der Waals surface area contributed by atoms with Crippen molar-refractivity contribution in [3.8, 4) is 0 Å². The number of aryl methyl sites for hydroxylation is 4. The van der Waals surface area contributed by atoms with Crippen LogP contribution in [0.3, 0.4) is 0 Å². The van der Waals surface area contributed by atoms with Crippen molar-refractivity contribution in [3.05, 3.63) is 71.3 Å². The molecule has 2 aromatic heterocycles. The first kappa shape index (κ1) is 24.1. The molecule has 2 aromatic carbocycles. The van der Waals surface area contributed by atoms with E-state index in [1.165, 1.54) is 18.5 Å². The zero-order valence-corrected chi connectivity index (χ0v) is 20.5. The van der Waals surface area contributed by atoms with Gasteiger partial charge in [0, 0.05) is 6.54 Å². The number of nitrogens with one attached hydrogen (secondary N) is 1. The maximum Gasteiger partial charge on any atom is 0.340 e. The Morgan fingerprint density at radius 2 is 1.80 bits per heavy atom. The van der Waals surface area contributed by atoms with Gasteiger partial charge in [0.05, 0.1) is 29.1 Å². The molecule has 0 amide bonds. The number of nitrogen functional groups attached to an aromatic ring is 1. The Bertz CT molecular complexity index is 1490. The summed E-state index contributed by atoms with van der Waals surface area (Å²) in [7, 11) is -3.92. The number of carbonyl (C=O) groups excluding carboxylic acids is 1. The van der Waals surface area contributed by atoms with Gasteiger partial charge in [-0.25, -0.2) is 28.2 Å². The van der Waals surface area contributed by atoms with Crippen LogP contribution in [-0.2, 0) is 21.3 Å². The van der Waals surface area contributed by atoms with Gasteiger partial charge in [-0.2, -0.15) is 0 Å². The summed E-state index contributed by atoms with van der Waals surface area (Å²) in [4.78, 5) is 25.3. The number of rotatable bonds is 8. The van der Waals surface area contributed by atoms with Crippen molar-refractivity contribution in [2.45, 2.75) is 38.6 Å². The fourth-order valence-electron chi connectivity index (χ4n) is 4.08. The molecule has 0 spiro atoms. The van der Waals surface area contributed by atoms with Crippen molar-refractivity contribution >= 4 is 38.7 Å². The standard InChI is InChI=1S/C24H26N6O4S/c1-15-11-16(2)21(17(3)12-15)35(32,33)29-19-8-5-4-7-18(19)24(31)34-10-6-9-30-14-28-20-22(25)26-13-27-23(20)30/h4-5,7-8,11-14,29H,6,9-10H2,1-3H3,(H2,25,26,27). The quantitative estimate of drug-likeness (QED) is 0.280. The van der Waals surface area contributed by atoms with E-state index in [-0.39, 0.29) is 22.8 Å². The number of hydrogen-bond acceptors (Lipinski definition) is 8. The molecule has 4 rings (SSSR count). The van der Waals surface area contributed by atoms with Crippen LogP contribution in [0.1, 0.15) is 33.5 Å². The Morgan fingerprint density at radius 1 is 1.09 bits per heavy atom. The van der Waals surface area contributed by atoms with E-state index in [1.54, 1.807) is 36.9 Å². The molecular weight excluding hydrogens is 468 g/mol. The monoisotopic (exact) mass is 494 g/mol. The van der Waals surface area contributed by atoms with Crippen molar-refractivity contribution in [2.75, 3.05) is 17.1 Å². The van der Waals surface area contributed by atoms with Gasteiger partial charge in [-0.15, -0.1) is 0 Å². The molecule has 0 saturated heterocycles. The van der Waals surface area contributed by atoms with Gasteiger partial charge in [0.2, 0.25) is 0 Å². The molecule has 0 aliphatic heterocycles. The van der Waals surface area contributed by atoms with Crippen LogP contribution in [0, 0.1) is 20.8 Å². The molecule has 35 heavy (non-hydrogen) atoms. The Labute approximate surface area is 203 Å². The van der Waals surface area contributed by atoms with Gasteiger partial charge in [0.15, 0.2) is 11.5 Å². The minimum absolute atomic E-state index is 0.121. The van der Waals surface area contributed by atoms with Crippen molar-refractivity contribution < 1.29 is 17.9 Å². The Balaban J connectivity index is 1.44. The number of anilines is 2. The van der Waals surface area contributed by atoms with E-state index in [4.69, 9.17) is 10.5 Å². The molecule has 0 bridgehead atoms. The summed E-state index contributed by atoms with van der Waals surface area (Å²) in [6.07, 6.45) is 3.47. The molecular formula is C24H26N6O4S. The third-order valence-electron chi connectivity index (χ3n) is 5.47. The number of sulfonamides is 1. The summed E-state index contributed by atoms with van der Waals surface area (Å²) < 4.78 is 36.1. The fraction of sp³-hybridized carbons (Fsp3) is 0.250. The van der Waals surface area contributed by atoms with Gasteiger partial charge in [-0.1, -0.05) is 29.8 Å². The second-order valence-corrected chi connectivity index (χ2v) is 9.86. The molecule has 0 aliphatic rings. The largest absolute Gasteiger partial charge is 0.462 e. The predicted octanol–water partition coefficient (Wildman–Crippen LogP) is 3.38. The predicted molar refractivity (Wildman–Crippen MR) is 133 cm³/mol. The minimum Gasteiger partial charge on any atom is -0.462 e. The summed E-state index contributed by atoms with van der Waals surface area (Å²) in [5.41, 5.74) is 9.45. The Morgan fingerprint density at radius 3 is 2.54 bits per heavy atom. The SMILES string of the molecule is Cc1cc(C)c(S(=O)(=O)Nc2ccccc2C(=O)OCCCn2cnc3c(N)ncnc32)c(C)c1. The number of nitrogens with two attached hydrogens (primary N) is 1. The van der Waals surface area contributed by atoms with Crippen molar-refractivity contribution in [2.24, 2.45) is 0 Å². The molecule has 0 aliphatic carbocycles. The summed E-state index contributed by atoms with van der Waals surface area (Å²) in [5, 5.41) is 0. The van der Waals surface area contributed by atoms with Crippen molar-refractivity contribution in [1.82, 2.24) is 19.5 Å². The number of ether oxygens (including phenoxy) is 1. The van der Waals surface area contributed by atoms with Crippen LogP contribution < -0.4 is 10.5 Å². The molecule has 11 heteroatoms. The number of benzene rings is 2. The minimum atomic E-state index is -3.92. The first-order valence-electron chi connectivity index (χ1n) is 11.0. The average molecular weight is 495 g/mol. The third kappa shape index (κ3) is 5.09. The number of nitrogens with zero attached hydrogens (tertiary/aromatic N) is 4. The molecule has 0 unspecified atom stereocenters. The Kier molecular flexibility index (Phi) is 6.70. The molecule has 0 fully saturated rings. The summed E-state index contributed by atoms with van der Waals surface area (Å²) >= 11 is 0. The summed E-state index contributed by atoms with van der Waals surface area (Å²) in [6, 6.07) is 9.99. The van der Waals surface area contributed by atoms with Gasteiger partial charge in [-0.05, 0) is 50.5 Å². The van der Waals surface area contributed by atoms with E-state index >= 15 is 0 Å². The van der Waals surface area contributed by atoms with Crippen LogP contribution in [-0.4, -0.2) is 40.5 Å². The van der Waals surface area contributed by atoms with E-state index in [0.717, 1.165) is 5.56 Å². The number of imidazole rings is 1. The van der Waals surface area contributed by atoms with E-state index in [0.29, 0.717) is 41.1 Å². The van der Waals surface area contributed by atoms with Gasteiger partial charge in [0.1, 0.15) is 11.8 Å². The number of para-hydroxylation sites is 1. The number of esters is 1. The summed E-state index contributed by atoms with van der Waals surface area (Å²) in [5.74, 6) is -0.321. The van der Waals surface area contributed by atoms with Crippen LogP contribution in [0.25, 0.3) is 11.2 Å². The zero-order valence-electron chi connectivity index (χ0n) is 19.6. The average Bonchev–Trinajstić information content (AvgIpc) is 3.20. The van der Waals surface area contributed by atoms with E-state index in [1.807, 2.05) is 19.1 Å². The molecule has 0 radical (unpaired) electrons. The topological polar surface area (TPSA) is 142 Å². The second kappa shape index (κ2) is 9.71. The highest BCUT2D eigenvalue weighted by molar-refractivity contribution is 7.92. The van der Waals surface area contributed by atoms with E-state index in [9.17, 15) is 13.2 Å². The lowest BCUT2D eigenvalue weighted by Crippen LogP contribution is -2.18. The summed E-state index contributed by atoms with van der Waals surface area (Å²) in [6.45, 7) is 6.03.